The van der Waals surface area contributed by atoms with Crippen LogP contribution in [0.15, 0.2) is 42.5 Å². The number of carbonyl (C=O) groups is 2. The Balaban J connectivity index is 2.15. The lowest BCUT2D eigenvalue weighted by atomic mass is 10.1. The molecule has 0 fully saturated rings. The van der Waals surface area contributed by atoms with Gasteiger partial charge in [-0.2, -0.15) is 0 Å². The van der Waals surface area contributed by atoms with Crippen molar-refractivity contribution in [2.75, 3.05) is 5.32 Å². The molecule has 5 nitrogen and oxygen atoms in total. The first kappa shape index (κ1) is 17.5. The summed E-state index contributed by atoms with van der Waals surface area (Å²) in [5, 5.41) is 11.8. The molecule has 0 saturated heterocycles. The van der Waals surface area contributed by atoms with E-state index in [1.54, 1.807) is 30.3 Å². The van der Waals surface area contributed by atoms with E-state index < -0.39 is 5.97 Å². The minimum absolute atomic E-state index is 0.129. The zero-order valence-electron chi connectivity index (χ0n) is 14.2. The molecular weight excluding hydrogens is 306 g/mol. The molecule has 0 unspecified atom stereocenters. The van der Waals surface area contributed by atoms with Crippen LogP contribution < -0.4 is 10.1 Å². The molecule has 0 aliphatic carbocycles. The Morgan fingerprint density at radius 2 is 1.58 bits per heavy atom. The van der Waals surface area contributed by atoms with Crippen LogP contribution in [0.3, 0.4) is 0 Å². The highest BCUT2D eigenvalue weighted by Gasteiger charge is 2.13. The maximum atomic E-state index is 12.3. The fraction of sp³-hybridized carbons (Fsp3) is 0.263. The van der Waals surface area contributed by atoms with E-state index in [4.69, 9.17) is 9.84 Å². The van der Waals surface area contributed by atoms with E-state index in [1.165, 1.54) is 12.1 Å². The number of carboxylic acids is 1. The number of anilines is 1. The van der Waals surface area contributed by atoms with Crippen molar-refractivity contribution < 1.29 is 19.4 Å². The Hall–Kier alpha value is -2.82. The summed E-state index contributed by atoms with van der Waals surface area (Å²) in [5.41, 5.74) is 1.56. The number of ether oxygens (including phenoxy) is 1. The van der Waals surface area contributed by atoms with Crippen LogP contribution in [0.2, 0.25) is 0 Å². The second kappa shape index (κ2) is 6.74. The molecule has 2 N–H and O–H groups in total. The maximum absolute atomic E-state index is 12.3. The van der Waals surface area contributed by atoms with Crippen LogP contribution in [-0.4, -0.2) is 22.6 Å². The van der Waals surface area contributed by atoms with Crippen LogP contribution in [0.1, 0.15) is 47.1 Å². The van der Waals surface area contributed by atoms with E-state index in [0.717, 1.165) is 5.56 Å². The zero-order chi connectivity index (χ0) is 17.9. The summed E-state index contributed by atoms with van der Waals surface area (Å²) in [6, 6.07) is 11.4. The number of aromatic carboxylic acids is 1. The van der Waals surface area contributed by atoms with Crippen molar-refractivity contribution in [3.63, 3.8) is 0 Å². The molecule has 0 aliphatic rings. The second-order valence-corrected chi connectivity index (χ2v) is 6.53. The Morgan fingerprint density at radius 3 is 2.12 bits per heavy atom. The van der Waals surface area contributed by atoms with Gasteiger partial charge in [0, 0.05) is 11.3 Å². The maximum Gasteiger partial charge on any atom is 0.335 e. The van der Waals surface area contributed by atoms with Crippen molar-refractivity contribution in [2.24, 2.45) is 0 Å². The molecule has 0 bridgehead atoms. The summed E-state index contributed by atoms with van der Waals surface area (Å²) in [5.74, 6) is -0.653. The van der Waals surface area contributed by atoms with Crippen molar-refractivity contribution >= 4 is 17.6 Å². The minimum Gasteiger partial charge on any atom is -0.488 e. The molecule has 1 amide bonds. The highest BCUT2D eigenvalue weighted by Crippen LogP contribution is 2.21. The number of amides is 1. The van der Waals surface area contributed by atoms with Crippen molar-refractivity contribution in [1.29, 1.82) is 0 Å². The van der Waals surface area contributed by atoms with Gasteiger partial charge in [-0.1, -0.05) is 6.07 Å². The second-order valence-electron chi connectivity index (χ2n) is 6.53. The summed E-state index contributed by atoms with van der Waals surface area (Å²) >= 11 is 0. The van der Waals surface area contributed by atoms with Gasteiger partial charge in [-0.3, -0.25) is 4.79 Å². The molecule has 0 radical (unpaired) electrons. The Kier molecular flexibility index (Phi) is 4.93. The van der Waals surface area contributed by atoms with Gasteiger partial charge in [0.1, 0.15) is 11.4 Å². The molecule has 0 spiro atoms. The topological polar surface area (TPSA) is 75.6 Å². The van der Waals surface area contributed by atoms with E-state index in [-0.39, 0.29) is 17.1 Å². The average molecular weight is 327 g/mol. The number of aryl methyl sites for hydroxylation is 1. The Bertz CT molecular complexity index is 758. The average Bonchev–Trinajstić information content (AvgIpc) is 2.48. The number of nitrogens with one attached hydrogen (secondary N) is 1. The quantitative estimate of drug-likeness (QED) is 0.885. The largest absolute Gasteiger partial charge is 0.488 e. The van der Waals surface area contributed by atoms with Gasteiger partial charge in [-0.05, 0) is 69.7 Å². The van der Waals surface area contributed by atoms with Crippen LogP contribution in [0.4, 0.5) is 5.69 Å². The number of carbonyl (C=O) groups excluding carboxylic acids is 1. The van der Waals surface area contributed by atoms with Crippen LogP contribution in [0.25, 0.3) is 0 Å². The SMILES string of the molecule is Cc1ccc(C(=O)O)cc1NC(=O)c1ccc(OC(C)(C)C)cc1. The summed E-state index contributed by atoms with van der Waals surface area (Å²) < 4.78 is 5.72. The molecule has 5 heteroatoms. The van der Waals surface area contributed by atoms with E-state index in [9.17, 15) is 9.59 Å². The molecule has 2 aromatic rings. The first-order valence-corrected chi connectivity index (χ1v) is 7.60. The molecule has 24 heavy (non-hydrogen) atoms. The van der Waals surface area contributed by atoms with Gasteiger partial charge in [-0.25, -0.2) is 4.79 Å². The number of hydrogen-bond donors (Lipinski definition) is 2. The third-order valence-corrected chi connectivity index (χ3v) is 3.27. The van der Waals surface area contributed by atoms with E-state index in [0.29, 0.717) is 17.0 Å². The van der Waals surface area contributed by atoms with Crippen LogP contribution in [0, 0.1) is 6.92 Å². The van der Waals surface area contributed by atoms with Crippen molar-refractivity contribution in [1.82, 2.24) is 0 Å². The fourth-order valence-electron chi connectivity index (χ4n) is 2.11. The van der Waals surface area contributed by atoms with Gasteiger partial charge in [0.25, 0.3) is 5.91 Å². The fourth-order valence-corrected chi connectivity index (χ4v) is 2.11. The molecule has 0 atom stereocenters. The molecule has 0 heterocycles. The predicted octanol–water partition coefficient (Wildman–Crippen LogP) is 4.12. The van der Waals surface area contributed by atoms with Gasteiger partial charge >= 0.3 is 5.97 Å². The lowest BCUT2D eigenvalue weighted by molar-refractivity contribution is 0.0696. The number of rotatable bonds is 4. The van der Waals surface area contributed by atoms with Crippen LogP contribution in [0.5, 0.6) is 5.75 Å². The molecule has 2 aromatic carbocycles. The van der Waals surface area contributed by atoms with Gasteiger partial charge in [-0.15, -0.1) is 0 Å². The summed E-state index contributed by atoms with van der Waals surface area (Å²) in [6.45, 7) is 7.66. The van der Waals surface area contributed by atoms with Crippen molar-refractivity contribution in [3.05, 3.63) is 59.2 Å². The normalized spacial score (nSPS) is 11.0. The molecule has 126 valence electrons. The Morgan fingerprint density at radius 1 is 1.00 bits per heavy atom. The highest BCUT2D eigenvalue weighted by molar-refractivity contribution is 6.05. The van der Waals surface area contributed by atoms with Crippen LogP contribution >= 0.6 is 0 Å². The number of carboxylic acid groups (broad SMARTS) is 1. The van der Waals surface area contributed by atoms with Gasteiger partial charge in [0.05, 0.1) is 5.56 Å². The molecular formula is C19H21NO4. The van der Waals surface area contributed by atoms with Gasteiger partial charge < -0.3 is 15.2 Å². The lowest BCUT2D eigenvalue weighted by Crippen LogP contribution is -2.23. The van der Waals surface area contributed by atoms with E-state index in [1.807, 2.05) is 27.7 Å². The third kappa shape index (κ3) is 4.59. The summed E-state index contributed by atoms with van der Waals surface area (Å²) in [4.78, 5) is 23.4. The van der Waals surface area contributed by atoms with Crippen LogP contribution in [-0.2, 0) is 0 Å². The smallest absolute Gasteiger partial charge is 0.335 e. The minimum atomic E-state index is -1.03. The molecule has 0 aromatic heterocycles. The lowest BCUT2D eigenvalue weighted by Gasteiger charge is -2.21. The third-order valence-electron chi connectivity index (χ3n) is 3.27. The van der Waals surface area contributed by atoms with Crippen molar-refractivity contribution in [3.8, 4) is 5.75 Å². The predicted molar refractivity (Wildman–Crippen MR) is 92.9 cm³/mol. The highest BCUT2D eigenvalue weighted by atomic mass is 16.5. The first-order valence-electron chi connectivity index (χ1n) is 7.60. The molecule has 0 saturated carbocycles. The van der Waals surface area contributed by atoms with E-state index >= 15 is 0 Å². The number of hydrogen-bond acceptors (Lipinski definition) is 3. The summed E-state index contributed by atoms with van der Waals surface area (Å²) in [7, 11) is 0. The monoisotopic (exact) mass is 327 g/mol. The van der Waals surface area contributed by atoms with E-state index in [2.05, 4.69) is 5.32 Å². The molecule has 0 aliphatic heterocycles. The first-order chi connectivity index (χ1) is 11.2. The van der Waals surface area contributed by atoms with Gasteiger partial charge in [0.15, 0.2) is 0 Å². The Labute approximate surface area is 141 Å². The molecule has 2 rings (SSSR count). The van der Waals surface area contributed by atoms with Crippen molar-refractivity contribution in [2.45, 2.75) is 33.3 Å². The van der Waals surface area contributed by atoms with Gasteiger partial charge in [0.2, 0.25) is 0 Å². The summed E-state index contributed by atoms with van der Waals surface area (Å²) in [6.07, 6.45) is 0. The number of benzene rings is 2. The zero-order valence-corrected chi connectivity index (χ0v) is 14.2. The standard InChI is InChI=1S/C19H21NO4/c1-12-5-6-14(18(22)23)11-16(12)20-17(21)13-7-9-15(10-8-13)24-19(2,3)4/h5-11H,1-4H3,(H,20,21)(H,22,23).